The number of benzene rings is 2. The zero-order valence-electron chi connectivity index (χ0n) is 17.5. The van der Waals surface area contributed by atoms with Crippen LogP contribution in [-0.4, -0.2) is 33.0 Å². The average Bonchev–Trinajstić information content (AvgIpc) is 3.49. The summed E-state index contributed by atoms with van der Waals surface area (Å²) in [4.78, 5) is 12.4. The molecule has 1 aromatic heterocycles. The molecule has 1 heterocycles. The highest BCUT2D eigenvalue weighted by Crippen LogP contribution is 2.54. The monoisotopic (exact) mass is 434 g/mol. The summed E-state index contributed by atoms with van der Waals surface area (Å²) in [6, 6.07) is 17.9. The SMILES string of the molecule is C=CCn1c(SCC(=O)Nc2ccc(OCC)cc2)nnc1C1CC1c1ccccc1. The van der Waals surface area contributed by atoms with E-state index < -0.39 is 0 Å². The first-order valence-corrected chi connectivity index (χ1v) is 11.4. The Morgan fingerprint density at radius 3 is 2.68 bits per heavy atom. The van der Waals surface area contributed by atoms with E-state index in [0.717, 1.165) is 28.8 Å². The zero-order valence-corrected chi connectivity index (χ0v) is 18.3. The largest absolute Gasteiger partial charge is 0.494 e. The van der Waals surface area contributed by atoms with Gasteiger partial charge in [-0.15, -0.1) is 16.8 Å². The molecule has 1 amide bonds. The molecule has 2 aromatic carbocycles. The first-order chi connectivity index (χ1) is 15.2. The van der Waals surface area contributed by atoms with Gasteiger partial charge >= 0.3 is 0 Å². The first-order valence-electron chi connectivity index (χ1n) is 10.4. The van der Waals surface area contributed by atoms with Gasteiger partial charge in [0.05, 0.1) is 12.4 Å². The van der Waals surface area contributed by atoms with Crippen LogP contribution in [-0.2, 0) is 11.3 Å². The molecule has 1 fully saturated rings. The van der Waals surface area contributed by atoms with Gasteiger partial charge in [-0.05, 0) is 49.1 Å². The molecule has 31 heavy (non-hydrogen) atoms. The fourth-order valence-corrected chi connectivity index (χ4v) is 4.41. The van der Waals surface area contributed by atoms with Gasteiger partial charge in [-0.1, -0.05) is 48.2 Å². The Labute approximate surface area is 186 Å². The van der Waals surface area contributed by atoms with Crippen LogP contribution in [0.3, 0.4) is 0 Å². The van der Waals surface area contributed by atoms with E-state index in [-0.39, 0.29) is 11.7 Å². The van der Waals surface area contributed by atoms with Crippen LogP contribution in [0, 0.1) is 0 Å². The first kappa shape index (κ1) is 21.2. The summed E-state index contributed by atoms with van der Waals surface area (Å²) in [6.45, 7) is 7.05. The van der Waals surface area contributed by atoms with Crippen molar-refractivity contribution >= 4 is 23.4 Å². The molecule has 0 spiro atoms. The van der Waals surface area contributed by atoms with Gasteiger partial charge in [0.15, 0.2) is 5.16 Å². The van der Waals surface area contributed by atoms with Crippen LogP contribution in [0.5, 0.6) is 5.75 Å². The lowest BCUT2D eigenvalue weighted by molar-refractivity contribution is -0.113. The average molecular weight is 435 g/mol. The van der Waals surface area contributed by atoms with E-state index in [1.54, 1.807) is 0 Å². The molecule has 6 nitrogen and oxygen atoms in total. The van der Waals surface area contributed by atoms with Gasteiger partial charge in [0, 0.05) is 18.2 Å². The van der Waals surface area contributed by atoms with Gasteiger partial charge in [0.1, 0.15) is 11.6 Å². The number of hydrogen-bond acceptors (Lipinski definition) is 5. The van der Waals surface area contributed by atoms with Crippen LogP contribution in [0.4, 0.5) is 5.69 Å². The summed E-state index contributed by atoms with van der Waals surface area (Å²) in [7, 11) is 0. The molecule has 0 bridgehead atoms. The van der Waals surface area contributed by atoms with Crippen molar-refractivity contribution in [2.75, 3.05) is 17.7 Å². The number of anilines is 1. The zero-order chi connectivity index (χ0) is 21.6. The number of aromatic nitrogens is 3. The lowest BCUT2D eigenvalue weighted by Crippen LogP contribution is -2.14. The predicted molar refractivity (Wildman–Crippen MR) is 124 cm³/mol. The molecule has 1 N–H and O–H groups in total. The molecule has 1 saturated carbocycles. The maximum Gasteiger partial charge on any atom is 0.234 e. The van der Waals surface area contributed by atoms with E-state index in [1.165, 1.54) is 17.3 Å². The highest BCUT2D eigenvalue weighted by molar-refractivity contribution is 7.99. The number of rotatable bonds is 10. The van der Waals surface area contributed by atoms with Gasteiger partial charge in [-0.3, -0.25) is 4.79 Å². The van der Waals surface area contributed by atoms with Crippen LogP contribution in [0.2, 0.25) is 0 Å². The number of thioether (sulfide) groups is 1. The number of hydrogen-bond donors (Lipinski definition) is 1. The predicted octanol–water partition coefficient (Wildman–Crippen LogP) is 4.86. The van der Waals surface area contributed by atoms with Crippen molar-refractivity contribution in [1.29, 1.82) is 0 Å². The maximum atomic E-state index is 12.4. The maximum absolute atomic E-state index is 12.4. The highest BCUT2D eigenvalue weighted by atomic mass is 32.2. The van der Waals surface area contributed by atoms with Gasteiger partial charge in [-0.2, -0.15) is 0 Å². The van der Waals surface area contributed by atoms with E-state index in [4.69, 9.17) is 4.74 Å². The Balaban J connectivity index is 1.37. The summed E-state index contributed by atoms with van der Waals surface area (Å²) in [5.74, 6) is 2.78. The van der Waals surface area contributed by atoms with Crippen molar-refractivity contribution < 1.29 is 9.53 Å². The minimum absolute atomic E-state index is 0.0857. The minimum atomic E-state index is -0.0857. The molecule has 160 valence electrons. The molecule has 3 aromatic rings. The van der Waals surface area contributed by atoms with E-state index >= 15 is 0 Å². The summed E-state index contributed by atoms with van der Waals surface area (Å²) in [5, 5.41) is 12.5. The number of allylic oxidation sites excluding steroid dienone is 1. The molecule has 0 saturated heterocycles. The molecule has 1 aliphatic carbocycles. The fraction of sp³-hybridized carbons (Fsp3) is 0.292. The van der Waals surface area contributed by atoms with Gasteiger partial charge < -0.3 is 14.6 Å². The van der Waals surface area contributed by atoms with E-state index in [1.807, 2.05) is 43.3 Å². The third-order valence-electron chi connectivity index (χ3n) is 5.19. The third kappa shape index (κ3) is 5.17. The number of ether oxygens (including phenoxy) is 1. The molecule has 2 unspecified atom stereocenters. The topological polar surface area (TPSA) is 69.0 Å². The Hall–Kier alpha value is -3.06. The molecule has 1 aliphatic rings. The highest BCUT2D eigenvalue weighted by Gasteiger charge is 2.43. The molecule has 0 radical (unpaired) electrons. The van der Waals surface area contributed by atoms with E-state index in [2.05, 4.69) is 50.9 Å². The summed E-state index contributed by atoms with van der Waals surface area (Å²) < 4.78 is 7.51. The second-order valence-electron chi connectivity index (χ2n) is 7.39. The summed E-state index contributed by atoms with van der Waals surface area (Å²) in [6.07, 6.45) is 2.92. The number of nitrogens with zero attached hydrogens (tertiary/aromatic N) is 3. The molecule has 4 rings (SSSR count). The van der Waals surface area contributed by atoms with Gasteiger partial charge in [0.25, 0.3) is 0 Å². The van der Waals surface area contributed by atoms with Gasteiger partial charge in [0.2, 0.25) is 5.91 Å². The lowest BCUT2D eigenvalue weighted by Gasteiger charge is -2.09. The Morgan fingerprint density at radius 1 is 1.19 bits per heavy atom. The van der Waals surface area contributed by atoms with Gasteiger partial charge in [-0.25, -0.2) is 0 Å². The van der Waals surface area contributed by atoms with Crippen molar-refractivity contribution in [1.82, 2.24) is 14.8 Å². The van der Waals surface area contributed by atoms with Crippen LogP contribution in [0.25, 0.3) is 0 Å². The fourth-order valence-electron chi connectivity index (χ4n) is 3.66. The number of carbonyl (C=O) groups excluding carboxylic acids is 1. The van der Waals surface area contributed by atoms with Crippen molar-refractivity contribution in [3.05, 3.63) is 78.6 Å². The smallest absolute Gasteiger partial charge is 0.234 e. The molecule has 7 heteroatoms. The summed E-state index contributed by atoms with van der Waals surface area (Å²) in [5.41, 5.74) is 2.08. The molecular formula is C24H26N4O2S. The van der Waals surface area contributed by atoms with E-state index in [0.29, 0.717) is 25.0 Å². The van der Waals surface area contributed by atoms with E-state index in [9.17, 15) is 4.79 Å². The summed E-state index contributed by atoms with van der Waals surface area (Å²) >= 11 is 1.39. The lowest BCUT2D eigenvalue weighted by atomic mass is 10.1. The van der Waals surface area contributed by atoms with Crippen LogP contribution in [0.1, 0.15) is 36.6 Å². The Kier molecular flexibility index (Phi) is 6.72. The molecular weight excluding hydrogens is 408 g/mol. The number of carbonyl (C=O) groups is 1. The van der Waals surface area contributed by atoms with Crippen LogP contribution in [0.15, 0.2) is 72.4 Å². The number of amides is 1. The normalized spacial score (nSPS) is 17.2. The minimum Gasteiger partial charge on any atom is -0.494 e. The second-order valence-corrected chi connectivity index (χ2v) is 8.34. The van der Waals surface area contributed by atoms with Crippen LogP contribution < -0.4 is 10.1 Å². The molecule has 2 atom stereocenters. The number of nitrogens with one attached hydrogen (secondary N) is 1. The standard InChI is InChI=1S/C24H26N4O2S/c1-3-14-28-23(21-15-20(21)17-8-6-5-7-9-17)26-27-24(28)31-16-22(29)25-18-10-12-19(13-11-18)30-4-2/h3,5-13,20-21H,1,4,14-16H2,2H3,(H,25,29). The van der Waals surface area contributed by atoms with Crippen molar-refractivity contribution in [3.63, 3.8) is 0 Å². The van der Waals surface area contributed by atoms with Crippen molar-refractivity contribution in [2.24, 2.45) is 0 Å². The third-order valence-corrected chi connectivity index (χ3v) is 6.16. The Morgan fingerprint density at radius 2 is 1.97 bits per heavy atom. The van der Waals surface area contributed by atoms with Crippen molar-refractivity contribution in [3.8, 4) is 5.75 Å². The van der Waals surface area contributed by atoms with Crippen molar-refractivity contribution in [2.45, 2.75) is 36.9 Å². The van der Waals surface area contributed by atoms with Crippen LogP contribution >= 0.6 is 11.8 Å². The Bertz CT molecular complexity index is 1030. The second kappa shape index (κ2) is 9.83. The quantitative estimate of drug-likeness (QED) is 0.364. The molecule has 0 aliphatic heterocycles.